The molecule has 0 aromatic heterocycles. The molecular formula is C26H23F3N4O2. The van der Waals surface area contributed by atoms with Crippen LogP contribution in [0.2, 0.25) is 0 Å². The van der Waals surface area contributed by atoms with Gasteiger partial charge in [0.2, 0.25) is 5.91 Å². The molecule has 1 atom stereocenters. The Labute approximate surface area is 200 Å². The van der Waals surface area contributed by atoms with Gasteiger partial charge in [-0.2, -0.15) is 18.4 Å². The van der Waals surface area contributed by atoms with Crippen LogP contribution in [0, 0.1) is 11.3 Å². The van der Waals surface area contributed by atoms with Crippen molar-refractivity contribution in [3.8, 4) is 6.07 Å². The number of hydrogen-bond donors (Lipinski definition) is 1. The van der Waals surface area contributed by atoms with Crippen molar-refractivity contribution in [1.29, 1.82) is 5.26 Å². The summed E-state index contributed by atoms with van der Waals surface area (Å²) in [5, 5.41) is 9.18. The lowest BCUT2D eigenvalue weighted by molar-refractivity contribution is -0.137. The molecule has 2 aromatic carbocycles. The zero-order chi connectivity index (χ0) is 25.3. The Morgan fingerprint density at radius 1 is 1.20 bits per heavy atom. The van der Waals surface area contributed by atoms with Gasteiger partial charge >= 0.3 is 12.2 Å². The van der Waals surface area contributed by atoms with Crippen LogP contribution in [0.4, 0.5) is 23.7 Å². The summed E-state index contributed by atoms with van der Waals surface area (Å²) >= 11 is 0. The number of primary amides is 1. The maximum absolute atomic E-state index is 13.8. The number of carbonyl (C=O) groups is 2. The standard InChI is InChI=1S/C26H23F3N4O2/c1-2-17-5-3-8-21-23(17)24(18-11-9-16(14-30)10-12-18)32(15-22(31)34)25(35)33(21)20-7-4-6-19(13-20)26(27,28)29/h2,4,6-7,9-13,24H,3,5,8,15H2,1H3,(H2,31,34). The molecule has 35 heavy (non-hydrogen) atoms. The summed E-state index contributed by atoms with van der Waals surface area (Å²) in [6, 6.07) is 12.0. The molecule has 0 saturated carbocycles. The lowest BCUT2D eigenvalue weighted by atomic mass is 9.80. The fourth-order valence-corrected chi connectivity index (χ4v) is 4.78. The number of rotatable bonds is 4. The van der Waals surface area contributed by atoms with Crippen LogP contribution in [0.3, 0.4) is 0 Å². The number of hydrogen-bond acceptors (Lipinski definition) is 3. The van der Waals surface area contributed by atoms with Crippen molar-refractivity contribution in [2.75, 3.05) is 11.4 Å². The molecule has 0 saturated heterocycles. The quantitative estimate of drug-likeness (QED) is 0.633. The monoisotopic (exact) mass is 480 g/mol. The first-order valence-electron chi connectivity index (χ1n) is 11.1. The molecule has 180 valence electrons. The SMILES string of the molecule is CC=C1CCCC2=C1C(c1ccc(C#N)cc1)N(CC(N)=O)C(=O)N2c1cccc(C(F)(F)F)c1. The minimum atomic E-state index is -4.58. The van der Waals surface area contributed by atoms with E-state index in [0.29, 0.717) is 23.2 Å². The zero-order valence-corrected chi connectivity index (χ0v) is 19.0. The van der Waals surface area contributed by atoms with Gasteiger partial charge in [0, 0.05) is 11.3 Å². The molecule has 0 spiro atoms. The highest BCUT2D eigenvalue weighted by Crippen LogP contribution is 2.47. The highest BCUT2D eigenvalue weighted by molar-refractivity contribution is 5.99. The number of halogens is 3. The van der Waals surface area contributed by atoms with Crippen LogP contribution in [0.15, 0.2) is 71.5 Å². The summed E-state index contributed by atoms with van der Waals surface area (Å²) in [5.74, 6) is -0.747. The summed E-state index contributed by atoms with van der Waals surface area (Å²) in [7, 11) is 0. The average Bonchev–Trinajstić information content (AvgIpc) is 2.83. The molecule has 1 unspecified atom stereocenters. The molecule has 1 aliphatic heterocycles. The molecule has 6 nitrogen and oxygen atoms in total. The number of allylic oxidation sites excluding steroid dienone is 2. The van der Waals surface area contributed by atoms with Crippen molar-refractivity contribution in [2.45, 2.75) is 38.4 Å². The van der Waals surface area contributed by atoms with E-state index in [1.54, 1.807) is 24.3 Å². The van der Waals surface area contributed by atoms with Crippen molar-refractivity contribution in [3.05, 3.63) is 88.1 Å². The number of alkyl halides is 3. The minimum absolute atomic E-state index is 0.0717. The molecule has 2 aromatic rings. The normalized spacial score (nSPS) is 19.6. The first-order valence-corrected chi connectivity index (χ1v) is 11.1. The number of anilines is 1. The van der Waals surface area contributed by atoms with E-state index in [1.165, 1.54) is 21.9 Å². The molecule has 2 aliphatic rings. The van der Waals surface area contributed by atoms with E-state index < -0.39 is 36.3 Å². The van der Waals surface area contributed by atoms with E-state index in [4.69, 9.17) is 5.73 Å². The van der Waals surface area contributed by atoms with E-state index in [1.807, 2.05) is 13.0 Å². The second-order valence-electron chi connectivity index (χ2n) is 8.42. The van der Waals surface area contributed by atoms with Crippen LogP contribution in [0.1, 0.15) is 48.9 Å². The van der Waals surface area contributed by atoms with Crippen molar-refractivity contribution < 1.29 is 22.8 Å². The Balaban J connectivity index is 1.97. The predicted octanol–water partition coefficient (Wildman–Crippen LogP) is 5.43. The number of nitriles is 1. The summed E-state index contributed by atoms with van der Waals surface area (Å²) in [4.78, 5) is 28.4. The Morgan fingerprint density at radius 2 is 1.91 bits per heavy atom. The highest BCUT2D eigenvalue weighted by Gasteiger charge is 2.44. The van der Waals surface area contributed by atoms with E-state index in [2.05, 4.69) is 6.07 Å². The second-order valence-corrected chi connectivity index (χ2v) is 8.42. The van der Waals surface area contributed by atoms with Gasteiger partial charge in [-0.1, -0.05) is 24.3 Å². The maximum Gasteiger partial charge on any atom is 0.416 e. The predicted molar refractivity (Wildman–Crippen MR) is 124 cm³/mol. The molecule has 0 radical (unpaired) electrons. The summed E-state index contributed by atoms with van der Waals surface area (Å²) in [5.41, 5.74) is 8.12. The largest absolute Gasteiger partial charge is 0.416 e. The molecule has 2 N–H and O–H groups in total. The molecule has 0 bridgehead atoms. The third kappa shape index (κ3) is 4.52. The van der Waals surface area contributed by atoms with Crippen molar-refractivity contribution in [3.63, 3.8) is 0 Å². The first-order chi connectivity index (χ1) is 16.7. The van der Waals surface area contributed by atoms with Crippen molar-refractivity contribution in [2.24, 2.45) is 5.73 Å². The number of benzene rings is 2. The third-order valence-electron chi connectivity index (χ3n) is 6.27. The van der Waals surface area contributed by atoms with Gasteiger partial charge in [0.1, 0.15) is 6.54 Å². The number of urea groups is 1. The minimum Gasteiger partial charge on any atom is -0.368 e. The smallest absolute Gasteiger partial charge is 0.368 e. The average molecular weight is 480 g/mol. The second kappa shape index (κ2) is 9.29. The highest BCUT2D eigenvalue weighted by atomic mass is 19.4. The Kier molecular flexibility index (Phi) is 6.39. The van der Waals surface area contributed by atoms with Gasteiger partial charge in [-0.15, -0.1) is 0 Å². The van der Waals surface area contributed by atoms with Gasteiger partial charge < -0.3 is 10.6 Å². The molecule has 9 heteroatoms. The molecule has 1 heterocycles. The number of amides is 3. The van der Waals surface area contributed by atoms with Crippen LogP contribution in [0.5, 0.6) is 0 Å². The van der Waals surface area contributed by atoms with Gasteiger partial charge in [-0.3, -0.25) is 9.69 Å². The van der Waals surface area contributed by atoms with E-state index in [-0.39, 0.29) is 5.69 Å². The lowest BCUT2D eigenvalue weighted by Crippen LogP contribution is -2.53. The van der Waals surface area contributed by atoms with Crippen molar-refractivity contribution >= 4 is 17.6 Å². The number of carbonyl (C=O) groups excluding carboxylic acids is 2. The van der Waals surface area contributed by atoms with E-state index in [0.717, 1.165) is 36.1 Å². The molecule has 4 rings (SSSR count). The fraction of sp³-hybridized carbons (Fsp3) is 0.269. The summed E-state index contributed by atoms with van der Waals surface area (Å²) in [6.45, 7) is 1.44. The van der Waals surface area contributed by atoms with Crippen molar-refractivity contribution in [1.82, 2.24) is 4.90 Å². The fourth-order valence-electron chi connectivity index (χ4n) is 4.78. The van der Waals surface area contributed by atoms with Gasteiger partial charge in [-0.25, -0.2) is 4.79 Å². The van der Waals surface area contributed by atoms with Crippen LogP contribution in [0.25, 0.3) is 0 Å². The number of nitrogens with zero attached hydrogens (tertiary/aromatic N) is 3. The van der Waals surface area contributed by atoms with E-state index in [9.17, 15) is 28.0 Å². The summed E-state index contributed by atoms with van der Waals surface area (Å²) in [6.07, 6.45) is -0.737. The van der Waals surface area contributed by atoms with Gasteiger partial charge in [0.25, 0.3) is 0 Å². The zero-order valence-electron chi connectivity index (χ0n) is 19.0. The van der Waals surface area contributed by atoms with Crippen LogP contribution < -0.4 is 10.6 Å². The molecular weight excluding hydrogens is 457 g/mol. The van der Waals surface area contributed by atoms with E-state index >= 15 is 0 Å². The Morgan fingerprint density at radius 3 is 2.51 bits per heavy atom. The van der Waals surface area contributed by atoms with Crippen LogP contribution >= 0.6 is 0 Å². The third-order valence-corrected chi connectivity index (χ3v) is 6.27. The van der Waals surface area contributed by atoms with Gasteiger partial charge in [0.15, 0.2) is 0 Å². The molecule has 3 amide bonds. The molecule has 1 aliphatic carbocycles. The molecule has 0 fully saturated rings. The summed E-state index contributed by atoms with van der Waals surface area (Å²) < 4.78 is 40.4. The first kappa shape index (κ1) is 24.1. The Bertz CT molecular complexity index is 1270. The topological polar surface area (TPSA) is 90.4 Å². The van der Waals surface area contributed by atoms with Crippen LogP contribution in [-0.4, -0.2) is 23.4 Å². The number of nitrogens with two attached hydrogens (primary N) is 1. The maximum atomic E-state index is 13.8. The van der Waals surface area contributed by atoms with Gasteiger partial charge in [0.05, 0.1) is 28.9 Å². The van der Waals surface area contributed by atoms with Gasteiger partial charge in [-0.05, 0) is 67.7 Å². The lowest BCUT2D eigenvalue weighted by Gasteiger charge is -2.46. The van der Waals surface area contributed by atoms with Crippen LogP contribution in [-0.2, 0) is 11.0 Å². The Hall–Kier alpha value is -4.06.